The van der Waals surface area contributed by atoms with Crippen LogP contribution in [0.2, 0.25) is 0 Å². The summed E-state index contributed by atoms with van der Waals surface area (Å²) in [4.78, 5) is 27.2. The molecule has 1 aliphatic heterocycles. The molecule has 1 N–H and O–H groups in total. The van der Waals surface area contributed by atoms with Gasteiger partial charge in [0.15, 0.2) is 0 Å². The minimum atomic E-state index is -4.79. The van der Waals surface area contributed by atoms with Crippen LogP contribution < -0.4 is 10.1 Å². The van der Waals surface area contributed by atoms with Crippen LogP contribution in [0, 0.1) is 12.8 Å². The van der Waals surface area contributed by atoms with E-state index in [0.717, 1.165) is 17.7 Å². The van der Waals surface area contributed by atoms with Crippen molar-refractivity contribution in [3.63, 3.8) is 0 Å². The van der Waals surface area contributed by atoms with Gasteiger partial charge in [0.2, 0.25) is 0 Å². The third kappa shape index (κ3) is 4.82. The third-order valence-electron chi connectivity index (χ3n) is 4.41. The summed E-state index contributed by atoms with van der Waals surface area (Å²) in [5.41, 5.74) is 2.27. The number of nitrogens with zero attached hydrogens (tertiary/aromatic N) is 1. The Morgan fingerprint density at radius 1 is 0.967 bits per heavy atom. The smallest absolute Gasteiger partial charge is 0.406 e. The van der Waals surface area contributed by atoms with Crippen LogP contribution >= 0.6 is 0 Å². The zero-order valence-electron chi connectivity index (χ0n) is 16.7. The molecule has 1 aliphatic rings. The van der Waals surface area contributed by atoms with E-state index in [2.05, 4.69) is 10.1 Å². The molecule has 2 aromatic carbocycles. The van der Waals surface area contributed by atoms with Crippen molar-refractivity contribution in [1.29, 1.82) is 0 Å². The molecular formula is C22H21F3N2O3. The number of nitrogens with one attached hydrogen (secondary N) is 1. The molecule has 3 rings (SSSR count). The average Bonchev–Trinajstić information content (AvgIpc) is 2.87. The fourth-order valence-corrected chi connectivity index (χ4v) is 3.10. The maximum absolute atomic E-state index is 13.0. The van der Waals surface area contributed by atoms with Gasteiger partial charge >= 0.3 is 6.36 Å². The second kappa shape index (κ2) is 8.22. The number of hydrogen-bond acceptors (Lipinski definition) is 4. The molecule has 0 radical (unpaired) electrons. The summed E-state index contributed by atoms with van der Waals surface area (Å²) in [5, 5.41) is 2.91. The Morgan fingerprint density at radius 3 is 2.10 bits per heavy atom. The zero-order chi connectivity index (χ0) is 22.1. The van der Waals surface area contributed by atoms with Crippen LogP contribution in [0.1, 0.15) is 25.0 Å². The van der Waals surface area contributed by atoms with E-state index in [4.69, 9.17) is 0 Å². The molecule has 2 amide bonds. The largest absolute Gasteiger partial charge is 0.573 e. The standard InChI is InChI=1S/C22H21F3N2O3/c1-13(2)12-27-20(28)18(15-6-4-14(3)5-7-15)19(21(27)29)26-16-8-10-17(11-9-16)30-22(23,24)25/h4-11,13,26H,12H2,1-3H3. The van der Waals surface area contributed by atoms with Crippen LogP contribution in [0.4, 0.5) is 18.9 Å². The fourth-order valence-electron chi connectivity index (χ4n) is 3.10. The fraction of sp³-hybridized carbons (Fsp3) is 0.273. The Balaban J connectivity index is 1.95. The minimum absolute atomic E-state index is 0.0790. The van der Waals surface area contributed by atoms with Gasteiger partial charge in [0.25, 0.3) is 11.8 Å². The summed E-state index contributed by atoms with van der Waals surface area (Å²) in [6.07, 6.45) is -4.79. The van der Waals surface area contributed by atoms with E-state index >= 15 is 0 Å². The van der Waals surface area contributed by atoms with Crippen LogP contribution in [0.25, 0.3) is 5.57 Å². The molecule has 0 fully saturated rings. The summed E-state index contributed by atoms with van der Waals surface area (Å²) < 4.78 is 40.9. The lowest BCUT2D eigenvalue weighted by atomic mass is 10.0. The molecule has 0 bridgehead atoms. The lowest BCUT2D eigenvalue weighted by Gasteiger charge is -2.17. The summed E-state index contributed by atoms with van der Waals surface area (Å²) in [6.45, 7) is 5.97. The molecule has 0 unspecified atom stereocenters. The number of halogens is 3. The highest BCUT2D eigenvalue weighted by Gasteiger charge is 2.39. The predicted molar refractivity (Wildman–Crippen MR) is 106 cm³/mol. The number of aryl methyl sites for hydroxylation is 1. The number of benzene rings is 2. The zero-order valence-corrected chi connectivity index (χ0v) is 16.7. The maximum atomic E-state index is 13.0. The first-order chi connectivity index (χ1) is 14.0. The molecule has 0 aliphatic carbocycles. The molecule has 2 aromatic rings. The predicted octanol–water partition coefficient (Wildman–Crippen LogP) is 4.74. The number of hydrogen-bond donors (Lipinski definition) is 1. The van der Waals surface area contributed by atoms with Gasteiger partial charge in [0.05, 0.1) is 5.57 Å². The molecule has 0 spiro atoms. The number of amides is 2. The molecule has 1 heterocycles. The lowest BCUT2D eigenvalue weighted by Crippen LogP contribution is -2.35. The van der Waals surface area contributed by atoms with Crippen LogP contribution in [0.15, 0.2) is 54.2 Å². The van der Waals surface area contributed by atoms with Gasteiger partial charge in [-0.1, -0.05) is 43.7 Å². The van der Waals surface area contributed by atoms with Crippen LogP contribution in [0.3, 0.4) is 0 Å². The van der Waals surface area contributed by atoms with Crippen molar-refractivity contribution in [2.45, 2.75) is 27.1 Å². The number of rotatable bonds is 6. The Labute approximate surface area is 172 Å². The first-order valence-corrected chi connectivity index (χ1v) is 9.35. The van der Waals surface area contributed by atoms with Crippen molar-refractivity contribution in [1.82, 2.24) is 4.90 Å². The normalized spacial score (nSPS) is 14.7. The van der Waals surface area contributed by atoms with Gasteiger partial charge in [0, 0.05) is 12.2 Å². The SMILES string of the molecule is Cc1ccc(C2=C(Nc3ccc(OC(F)(F)F)cc3)C(=O)N(CC(C)C)C2=O)cc1. The Bertz CT molecular complexity index is 978. The highest BCUT2D eigenvalue weighted by Crippen LogP contribution is 2.32. The molecule has 158 valence electrons. The summed E-state index contributed by atoms with van der Waals surface area (Å²) in [7, 11) is 0. The van der Waals surface area contributed by atoms with E-state index in [1.165, 1.54) is 17.0 Å². The Kier molecular flexibility index (Phi) is 5.87. The van der Waals surface area contributed by atoms with Crippen molar-refractivity contribution in [3.05, 3.63) is 65.4 Å². The van der Waals surface area contributed by atoms with E-state index in [1.807, 2.05) is 32.9 Å². The topological polar surface area (TPSA) is 58.6 Å². The number of carbonyl (C=O) groups is 2. The first-order valence-electron chi connectivity index (χ1n) is 9.35. The van der Waals surface area contributed by atoms with E-state index in [0.29, 0.717) is 11.3 Å². The van der Waals surface area contributed by atoms with Gasteiger partial charge in [0.1, 0.15) is 11.4 Å². The van der Waals surface area contributed by atoms with Gasteiger partial charge in [-0.05, 0) is 42.7 Å². The highest BCUT2D eigenvalue weighted by molar-refractivity contribution is 6.36. The monoisotopic (exact) mass is 418 g/mol. The molecule has 30 heavy (non-hydrogen) atoms. The van der Waals surface area contributed by atoms with Gasteiger partial charge < -0.3 is 10.1 Å². The first kappa shape index (κ1) is 21.4. The van der Waals surface area contributed by atoms with Crippen molar-refractivity contribution < 1.29 is 27.5 Å². The van der Waals surface area contributed by atoms with Crippen LogP contribution in [0.5, 0.6) is 5.75 Å². The molecule has 0 saturated heterocycles. The Morgan fingerprint density at radius 2 is 1.57 bits per heavy atom. The average molecular weight is 418 g/mol. The number of imide groups is 1. The van der Waals surface area contributed by atoms with E-state index in [-0.39, 0.29) is 29.5 Å². The molecule has 8 heteroatoms. The van der Waals surface area contributed by atoms with E-state index in [1.54, 1.807) is 12.1 Å². The second-order valence-electron chi connectivity index (χ2n) is 7.43. The number of carbonyl (C=O) groups excluding carboxylic acids is 2. The van der Waals surface area contributed by atoms with Gasteiger partial charge in [-0.15, -0.1) is 13.2 Å². The molecule has 0 aromatic heterocycles. The highest BCUT2D eigenvalue weighted by atomic mass is 19.4. The molecule has 5 nitrogen and oxygen atoms in total. The van der Waals surface area contributed by atoms with Gasteiger partial charge in [-0.2, -0.15) is 0 Å². The summed E-state index contributed by atoms with van der Waals surface area (Å²) in [6, 6.07) is 12.2. The minimum Gasteiger partial charge on any atom is -0.406 e. The maximum Gasteiger partial charge on any atom is 0.573 e. The van der Waals surface area contributed by atoms with E-state index < -0.39 is 18.2 Å². The number of ether oxygens (including phenoxy) is 1. The van der Waals surface area contributed by atoms with Crippen molar-refractivity contribution in [2.24, 2.45) is 5.92 Å². The van der Waals surface area contributed by atoms with Crippen LogP contribution in [-0.4, -0.2) is 29.6 Å². The van der Waals surface area contributed by atoms with Crippen molar-refractivity contribution in [3.8, 4) is 5.75 Å². The summed E-state index contributed by atoms with van der Waals surface area (Å²) in [5.74, 6) is -1.18. The Hall–Kier alpha value is -3.29. The van der Waals surface area contributed by atoms with Gasteiger partial charge in [-0.3, -0.25) is 14.5 Å². The molecule has 0 saturated carbocycles. The molecule has 0 atom stereocenters. The number of alkyl halides is 3. The van der Waals surface area contributed by atoms with Crippen LogP contribution in [-0.2, 0) is 9.59 Å². The van der Waals surface area contributed by atoms with E-state index in [9.17, 15) is 22.8 Å². The summed E-state index contributed by atoms with van der Waals surface area (Å²) >= 11 is 0. The quantitative estimate of drug-likeness (QED) is 0.689. The lowest BCUT2D eigenvalue weighted by molar-refractivity contribution is -0.274. The second-order valence-corrected chi connectivity index (χ2v) is 7.43. The van der Waals surface area contributed by atoms with Crippen molar-refractivity contribution >= 4 is 23.1 Å². The third-order valence-corrected chi connectivity index (χ3v) is 4.41. The molecular weight excluding hydrogens is 397 g/mol. The van der Waals surface area contributed by atoms with Crippen molar-refractivity contribution in [2.75, 3.05) is 11.9 Å². The number of anilines is 1. The van der Waals surface area contributed by atoms with Gasteiger partial charge in [-0.25, -0.2) is 0 Å².